The van der Waals surface area contributed by atoms with Gasteiger partial charge in [-0.1, -0.05) is 32.0 Å². The van der Waals surface area contributed by atoms with Crippen LogP contribution in [0.3, 0.4) is 0 Å². The average Bonchev–Trinajstić information content (AvgIpc) is 3.14. The quantitative estimate of drug-likeness (QED) is 0.758. The number of para-hydroxylation sites is 1. The molecule has 1 aliphatic rings. The topological polar surface area (TPSA) is 64.4 Å². The Bertz CT molecular complexity index is 798. The molecule has 0 saturated carbocycles. The number of hydrogen-bond acceptors (Lipinski definition) is 4. The van der Waals surface area contributed by atoms with E-state index in [0.29, 0.717) is 25.3 Å². The number of likely N-dealkylation sites (tertiary alicyclic amines) is 1. The first-order valence-electron chi connectivity index (χ1n) is 9.62. The molecule has 6 heteroatoms. The number of aromatic nitrogens is 2. The number of nitrogens with zero attached hydrogens (tertiary/aromatic N) is 3. The summed E-state index contributed by atoms with van der Waals surface area (Å²) in [6.07, 6.45) is 3.22. The number of carbonyl (C=O) groups is 2. The van der Waals surface area contributed by atoms with E-state index in [1.165, 1.54) is 0 Å². The summed E-state index contributed by atoms with van der Waals surface area (Å²) < 4.78 is 6.98. The molecule has 1 atom stereocenters. The average molecular weight is 369 g/mol. The Kier molecular flexibility index (Phi) is 5.94. The van der Waals surface area contributed by atoms with Gasteiger partial charge in [-0.15, -0.1) is 0 Å². The van der Waals surface area contributed by atoms with E-state index in [2.05, 4.69) is 18.9 Å². The van der Waals surface area contributed by atoms with Gasteiger partial charge in [0, 0.05) is 13.1 Å². The molecule has 144 valence electrons. The summed E-state index contributed by atoms with van der Waals surface area (Å²) in [5.41, 5.74) is 2.44. The second-order valence-electron chi connectivity index (χ2n) is 7.19. The zero-order valence-electron chi connectivity index (χ0n) is 16.2. The van der Waals surface area contributed by atoms with E-state index in [9.17, 15) is 9.59 Å². The number of carbonyl (C=O) groups excluding carboxylic acids is 2. The van der Waals surface area contributed by atoms with Gasteiger partial charge in [0.05, 0.1) is 35.7 Å². The van der Waals surface area contributed by atoms with Crippen LogP contribution in [0.4, 0.5) is 0 Å². The van der Waals surface area contributed by atoms with Crippen molar-refractivity contribution in [3.63, 3.8) is 0 Å². The molecular formula is C21H27N3O3. The Balaban J connectivity index is 1.86. The Labute approximate surface area is 160 Å². The summed E-state index contributed by atoms with van der Waals surface area (Å²) in [6.45, 7) is 7.35. The lowest BCUT2D eigenvalue weighted by atomic mass is 9.97. The van der Waals surface area contributed by atoms with Crippen molar-refractivity contribution >= 4 is 11.9 Å². The monoisotopic (exact) mass is 369 g/mol. The zero-order chi connectivity index (χ0) is 19.4. The summed E-state index contributed by atoms with van der Waals surface area (Å²) in [7, 11) is 0. The Morgan fingerprint density at radius 2 is 2.00 bits per heavy atom. The molecule has 0 N–H and O–H groups in total. The van der Waals surface area contributed by atoms with Crippen LogP contribution >= 0.6 is 0 Å². The molecule has 1 aromatic carbocycles. The van der Waals surface area contributed by atoms with Gasteiger partial charge in [-0.2, -0.15) is 5.10 Å². The van der Waals surface area contributed by atoms with Gasteiger partial charge in [-0.3, -0.25) is 9.59 Å². The number of rotatable bonds is 5. The fourth-order valence-electron chi connectivity index (χ4n) is 3.64. The summed E-state index contributed by atoms with van der Waals surface area (Å²) in [6, 6.07) is 9.82. The van der Waals surface area contributed by atoms with Crippen molar-refractivity contribution in [2.24, 2.45) is 5.92 Å². The maximum absolute atomic E-state index is 13.2. The highest BCUT2D eigenvalue weighted by Gasteiger charge is 2.32. The summed E-state index contributed by atoms with van der Waals surface area (Å²) in [5, 5.41) is 4.48. The molecule has 0 spiro atoms. The number of benzene rings is 1. The van der Waals surface area contributed by atoms with Crippen molar-refractivity contribution < 1.29 is 14.3 Å². The van der Waals surface area contributed by atoms with Crippen LogP contribution in [0.25, 0.3) is 5.69 Å². The van der Waals surface area contributed by atoms with E-state index in [0.717, 1.165) is 24.2 Å². The highest BCUT2D eigenvalue weighted by molar-refractivity contribution is 5.96. The summed E-state index contributed by atoms with van der Waals surface area (Å²) >= 11 is 0. The Hall–Kier alpha value is -2.63. The zero-order valence-corrected chi connectivity index (χ0v) is 16.2. The summed E-state index contributed by atoms with van der Waals surface area (Å²) in [4.78, 5) is 27.1. The predicted molar refractivity (Wildman–Crippen MR) is 103 cm³/mol. The van der Waals surface area contributed by atoms with Gasteiger partial charge in [0.25, 0.3) is 5.91 Å². The van der Waals surface area contributed by atoms with Crippen LogP contribution in [0.1, 0.15) is 55.6 Å². The first kappa shape index (κ1) is 19.1. The molecule has 1 aliphatic heterocycles. The second kappa shape index (κ2) is 8.37. The van der Waals surface area contributed by atoms with Crippen molar-refractivity contribution in [3.8, 4) is 5.69 Å². The third kappa shape index (κ3) is 4.04. The molecule has 1 saturated heterocycles. The molecule has 2 aromatic rings. The molecular weight excluding hydrogens is 342 g/mol. The predicted octanol–water partition coefficient (Wildman–Crippen LogP) is 3.41. The molecule has 2 heterocycles. The lowest BCUT2D eigenvalue weighted by Gasteiger charge is -2.31. The minimum atomic E-state index is -0.241. The normalized spacial score (nSPS) is 17.2. The third-order valence-corrected chi connectivity index (χ3v) is 4.91. The van der Waals surface area contributed by atoms with Crippen molar-refractivity contribution in [2.45, 2.75) is 39.5 Å². The lowest BCUT2D eigenvalue weighted by Crippen LogP contribution is -2.43. The smallest absolute Gasteiger partial charge is 0.310 e. The molecule has 27 heavy (non-hydrogen) atoms. The molecule has 3 rings (SSSR count). The molecule has 0 bridgehead atoms. The van der Waals surface area contributed by atoms with Crippen molar-refractivity contribution in [3.05, 3.63) is 47.8 Å². The highest BCUT2D eigenvalue weighted by atomic mass is 16.5. The van der Waals surface area contributed by atoms with Gasteiger partial charge < -0.3 is 9.64 Å². The fraction of sp³-hybridized carbons (Fsp3) is 0.476. The molecule has 0 radical (unpaired) electrons. The van der Waals surface area contributed by atoms with Gasteiger partial charge in [-0.05, 0) is 37.8 Å². The van der Waals surface area contributed by atoms with Crippen LogP contribution in [0.2, 0.25) is 0 Å². The van der Waals surface area contributed by atoms with Crippen molar-refractivity contribution in [2.75, 3.05) is 19.7 Å². The van der Waals surface area contributed by atoms with Crippen molar-refractivity contribution in [1.29, 1.82) is 0 Å². The Morgan fingerprint density at radius 3 is 2.67 bits per heavy atom. The molecule has 6 nitrogen and oxygen atoms in total. The number of hydrogen-bond donors (Lipinski definition) is 0. The molecule has 1 aromatic heterocycles. The van der Waals surface area contributed by atoms with Gasteiger partial charge in [0.1, 0.15) is 0 Å². The van der Waals surface area contributed by atoms with E-state index >= 15 is 0 Å². The van der Waals surface area contributed by atoms with E-state index in [4.69, 9.17) is 4.74 Å². The SMILES string of the molecule is CCOC(=O)[C@H]1CCCN(C(=O)c2cnn(-c3ccccc3)c2C(C)C)C1. The largest absolute Gasteiger partial charge is 0.466 e. The summed E-state index contributed by atoms with van der Waals surface area (Å²) in [5.74, 6) is -0.374. The van der Waals surface area contributed by atoms with Crippen LogP contribution in [-0.4, -0.2) is 46.3 Å². The van der Waals surface area contributed by atoms with Crippen molar-refractivity contribution in [1.82, 2.24) is 14.7 Å². The number of piperidine rings is 1. The highest BCUT2D eigenvalue weighted by Crippen LogP contribution is 2.26. The third-order valence-electron chi connectivity index (χ3n) is 4.91. The van der Waals surface area contributed by atoms with Crippen LogP contribution in [0.15, 0.2) is 36.5 Å². The van der Waals surface area contributed by atoms with E-state index in [1.54, 1.807) is 18.0 Å². The van der Waals surface area contributed by atoms with Gasteiger partial charge in [0.15, 0.2) is 0 Å². The first-order valence-corrected chi connectivity index (χ1v) is 9.62. The Morgan fingerprint density at radius 1 is 1.26 bits per heavy atom. The minimum Gasteiger partial charge on any atom is -0.466 e. The number of amides is 1. The standard InChI is InChI=1S/C21H27N3O3/c1-4-27-21(26)16-9-8-12-23(14-16)20(25)18-13-22-24(19(18)15(2)3)17-10-6-5-7-11-17/h5-7,10-11,13,15-16H,4,8-9,12,14H2,1-3H3/t16-/m0/s1. The van der Waals surface area contributed by atoms with Gasteiger partial charge in [0.2, 0.25) is 0 Å². The first-order chi connectivity index (χ1) is 13.0. The molecule has 1 fully saturated rings. The maximum atomic E-state index is 13.2. The molecule has 1 amide bonds. The van der Waals surface area contributed by atoms with Gasteiger partial charge in [-0.25, -0.2) is 4.68 Å². The molecule has 0 aliphatic carbocycles. The lowest BCUT2D eigenvalue weighted by molar-refractivity contribution is -0.149. The van der Waals surface area contributed by atoms with E-state index in [1.807, 2.05) is 35.0 Å². The number of esters is 1. The van der Waals surface area contributed by atoms with Crippen LogP contribution in [-0.2, 0) is 9.53 Å². The minimum absolute atomic E-state index is 0.0603. The van der Waals surface area contributed by atoms with E-state index < -0.39 is 0 Å². The number of ether oxygens (including phenoxy) is 1. The maximum Gasteiger partial charge on any atom is 0.310 e. The van der Waals surface area contributed by atoms with Crippen LogP contribution in [0, 0.1) is 5.92 Å². The van der Waals surface area contributed by atoms with Crippen LogP contribution < -0.4 is 0 Å². The van der Waals surface area contributed by atoms with Crippen LogP contribution in [0.5, 0.6) is 0 Å². The van der Waals surface area contributed by atoms with Gasteiger partial charge >= 0.3 is 5.97 Å². The second-order valence-corrected chi connectivity index (χ2v) is 7.19. The molecule has 0 unspecified atom stereocenters. The fourth-order valence-corrected chi connectivity index (χ4v) is 3.64. The van der Waals surface area contributed by atoms with E-state index in [-0.39, 0.29) is 23.7 Å².